The molecule has 180 valence electrons. The van der Waals surface area contributed by atoms with Gasteiger partial charge in [-0.1, -0.05) is 19.1 Å². The Labute approximate surface area is 197 Å². The van der Waals surface area contributed by atoms with Gasteiger partial charge < -0.3 is 10.1 Å². The molecule has 3 rings (SSSR count). The molecule has 9 nitrogen and oxygen atoms in total. The summed E-state index contributed by atoms with van der Waals surface area (Å²) in [5, 5.41) is 15.1. The van der Waals surface area contributed by atoms with Crippen molar-refractivity contribution < 1.29 is 18.7 Å². The van der Waals surface area contributed by atoms with Gasteiger partial charge >= 0.3 is 0 Å². The topological polar surface area (TPSA) is 102 Å². The number of nitrogens with zero attached hydrogens (tertiary/aromatic N) is 5. The summed E-state index contributed by atoms with van der Waals surface area (Å²) in [6, 6.07) is 11.9. The van der Waals surface area contributed by atoms with E-state index in [0.29, 0.717) is 23.4 Å². The number of carbonyl (C=O) groups excluding carboxylic acids is 2. The van der Waals surface area contributed by atoms with Crippen LogP contribution in [0.25, 0.3) is 11.4 Å². The van der Waals surface area contributed by atoms with Crippen molar-refractivity contribution in [3.8, 4) is 17.1 Å². The lowest BCUT2D eigenvalue weighted by Gasteiger charge is -2.33. The molecule has 1 unspecified atom stereocenters. The van der Waals surface area contributed by atoms with Crippen molar-refractivity contribution in [3.63, 3.8) is 0 Å². The van der Waals surface area contributed by atoms with Crippen molar-refractivity contribution in [3.05, 3.63) is 54.3 Å². The SMILES string of the molecule is CCC(C(=O)NC(C)(C)C)N(C(=O)Cn1nnc(-c2ccc(F)cc2)n1)c1ccccc1OC. The molecule has 10 heteroatoms. The van der Waals surface area contributed by atoms with Gasteiger partial charge in [0.05, 0.1) is 12.8 Å². The molecular formula is C24H29FN6O3. The van der Waals surface area contributed by atoms with E-state index in [1.54, 1.807) is 24.3 Å². The number of rotatable bonds is 8. The van der Waals surface area contributed by atoms with Crippen molar-refractivity contribution in [1.29, 1.82) is 0 Å². The predicted octanol–water partition coefficient (Wildman–Crippen LogP) is 3.21. The average Bonchev–Trinajstić information content (AvgIpc) is 3.24. The Bertz CT molecular complexity index is 1140. The molecule has 2 amide bonds. The van der Waals surface area contributed by atoms with E-state index in [1.165, 1.54) is 36.3 Å². The highest BCUT2D eigenvalue weighted by molar-refractivity contribution is 6.01. The average molecular weight is 469 g/mol. The first-order valence-electron chi connectivity index (χ1n) is 10.9. The molecule has 1 atom stereocenters. The molecule has 34 heavy (non-hydrogen) atoms. The number of carbonyl (C=O) groups is 2. The third-order valence-electron chi connectivity index (χ3n) is 4.94. The van der Waals surface area contributed by atoms with Crippen molar-refractivity contribution in [2.45, 2.75) is 52.2 Å². The molecule has 0 aliphatic carbocycles. The molecule has 0 radical (unpaired) electrons. The van der Waals surface area contributed by atoms with Crippen LogP contribution in [0.2, 0.25) is 0 Å². The van der Waals surface area contributed by atoms with E-state index >= 15 is 0 Å². The second-order valence-corrected chi connectivity index (χ2v) is 8.75. The van der Waals surface area contributed by atoms with E-state index in [4.69, 9.17) is 4.74 Å². The third-order valence-corrected chi connectivity index (χ3v) is 4.94. The minimum Gasteiger partial charge on any atom is -0.495 e. The Hall–Kier alpha value is -3.82. The summed E-state index contributed by atoms with van der Waals surface area (Å²) < 4.78 is 18.7. The zero-order valence-electron chi connectivity index (χ0n) is 19.9. The molecule has 1 aromatic heterocycles. The highest BCUT2D eigenvalue weighted by Gasteiger charge is 2.33. The van der Waals surface area contributed by atoms with Crippen LogP contribution in [0.15, 0.2) is 48.5 Å². The first kappa shape index (κ1) is 24.8. The quantitative estimate of drug-likeness (QED) is 0.545. The molecule has 3 aromatic rings. The number of anilines is 1. The summed E-state index contributed by atoms with van der Waals surface area (Å²) in [6.45, 7) is 7.21. The van der Waals surface area contributed by atoms with Crippen molar-refractivity contribution >= 4 is 17.5 Å². The van der Waals surface area contributed by atoms with Gasteiger partial charge in [-0.3, -0.25) is 14.5 Å². The fraction of sp³-hybridized carbons (Fsp3) is 0.375. The van der Waals surface area contributed by atoms with Gasteiger partial charge in [-0.2, -0.15) is 4.80 Å². The minimum atomic E-state index is -0.789. The fourth-order valence-corrected chi connectivity index (χ4v) is 3.46. The molecule has 1 heterocycles. The van der Waals surface area contributed by atoms with E-state index in [0.717, 1.165) is 4.80 Å². The Kier molecular flexibility index (Phi) is 7.60. The van der Waals surface area contributed by atoms with Gasteiger partial charge in [0.25, 0.3) is 5.91 Å². The van der Waals surface area contributed by atoms with Crippen LogP contribution in [-0.2, 0) is 16.1 Å². The van der Waals surface area contributed by atoms with Crippen molar-refractivity contribution in [2.24, 2.45) is 0 Å². The molecule has 1 N–H and O–H groups in total. The van der Waals surface area contributed by atoms with Crippen LogP contribution in [0.1, 0.15) is 34.1 Å². The number of halogens is 1. The number of benzene rings is 2. The van der Waals surface area contributed by atoms with Crippen LogP contribution in [-0.4, -0.2) is 50.7 Å². The maximum absolute atomic E-state index is 13.6. The lowest BCUT2D eigenvalue weighted by molar-refractivity contribution is -0.128. The van der Waals surface area contributed by atoms with Gasteiger partial charge in [-0.25, -0.2) is 4.39 Å². The zero-order chi connectivity index (χ0) is 24.9. The number of amides is 2. The number of hydrogen-bond donors (Lipinski definition) is 1. The number of methoxy groups -OCH3 is 1. The predicted molar refractivity (Wildman–Crippen MR) is 126 cm³/mol. The third kappa shape index (κ3) is 5.94. The molecule has 0 saturated carbocycles. The molecule has 0 aliphatic rings. The highest BCUT2D eigenvalue weighted by Crippen LogP contribution is 2.30. The largest absolute Gasteiger partial charge is 0.495 e. The van der Waals surface area contributed by atoms with Gasteiger partial charge in [-0.05, 0) is 68.8 Å². The number of nitrogens with one attached hydrogen (secondary N) is 1. The number of aromatic nitrogens is 4. The van der Waals surface area contributed by atoms with Crippen LogP contribution >= 0.6 is 0 Å². The van der Waals surface area contributed by atoms with Gasteiger partial charge in [0.2, 0.25) is 11.7 Å². The number of para-hydroxylation sites is 2. The van der Waals surface area contributed by atoms with Gasteiger partial charge in [0.15, 0.2) is 0 Å². The number of ether oxygens (including phenoxy) is 1. The first-order valence-corrected chi connectivity index (χ1v) is 10.9. The van der Waals surface area contributed by atoms with Crippen LogP contribution < -0.4 is 15.0 Å². The number of hydrogen-bond acceptors (Lipinski definition) is 6. The number of tetrazole rings is 1. The summed E-state index contributed by atoms with van der Waals surface area (Å²) in [7, 11) is 1.51. The summed E-state index contributed by atoms with van der Waals surface area (Å²) in [5.41, 5.74) is 0.555. The van der Waals surface area contributed by atoms with Gasteiger partial charge in [-0.15, -0.1) is 10.2 Å². The molecule has 2 aromatic carbocycles. The smallest absolute Gasteiger partial charge is 0.251 e. The summed E-state index contributed by atoms with van der Waals surface area (Å²) in [4.78, 5) is 29.3. The van der Waals surface area contributed by atoms with Crippen molar-refractivity contribution in [2.75, 3.05) is 12.0 Å². The molecule has 0 saturated heterocycles. The maximum atomic E-state index is 13.6. The van der Waals surface area contributed by atoms with E-state index in [2.05, 4.69) is 20.7 Å². The fourth-order valence-electron chi connectivity index (χ4n) is 3.46. The van der Waals surface area contributed by atoms with E-state index in [-0.39, 0.29) is 24.1 Å². The summed E-state index contributed by atoms with van der Waals surface area (Å²) in [5.74, 6) is -0.361. The van der Waals surface area contributed by atoms with Crippen LogP contribution in [0, 0.1) is 5.82 Å². The summed E-state index contributed by atoms with van der Waals surface area (Å²) >= 11 is 0. The van der Waals surface area contributed by atoms with Gasteiger partial charge in [0.1, 0.15) is 24.2 Å². The molecule has 0 fully saturated rings. The zero-order valence-corrected chi connectivity index (χ0v) is 19.9. The summed E-state index contributed by atoms with van der Waals surface area (Å²) in [6.07, 6.45) is 0.372. The van der Waals surface area contributed by atoms with Crippen LogP contribution in [0.5, 0.6) is 5.75 Å². The molecular weight excluding hydrogens is 439 g/mol. The monoisotopic (exact) mass is 468 g/mol. The molecule has 0 spiro atoms. The lowest BCUT2D eigenvalue weighted by Crippen LogP contribution is -2.54. The molecule has 0 aliphatic heterocycles. The highest BCUT2D eigenvalue weighted by atomic mass is 19.1. The molecule has 0 bridgehead atoms. The van der Waals surface area contributed by atoms with Crippen molar-refractivity contribution in [1.82, 2.24) is 25.5 Å². The standard InChI is InChI=1S/C24H29FN6O3/c1-6-18(23(33)26-24(2,3)4)31(19-9-7-8-10-20(19)34-5)21(32)15-30-28-22(27-29-30)16-11-13-17(25)14-12-16/h7-14,18H,6,15H2,1-5H3,(H,26,33). The minimum absolute atomic E-state index is 0.258. The Morgan fingerprint density at radius 1 is 1.15 bits per heavy atom. The Morgan fingerprint density at radius 3 is 2.44 bits per heavy atom. The van der Waals surface area contributed by atoms with Crippen LogP contribution in [0.4, 0.5) is 10.1 Å². The van der Waals surface area contributed by atoms with Gasteiger partial charge in [0, 0.05) is 11.1 Å². The van der Waals surface area contributed by atoms with E-state index in [1.807, 2.05) is 27.7 Å². The second kappa shape index (κ2) is 10.4. The van der Waals surface area contributed by atoms with E-state index in [9.17, 15) is 14.0 Å². The Morgan fingerprint density at radius 2 is 1.82 bits per heavy atom. The van der Waals surface area contributed by atoms with Crippen LogP contribution in [0.3, 0.4) is 0 Å². The lowest BCUT2D eigenvalue weighted by atomic mass is 10.1. The first-order chi connectivity index (χ1) is 16.1. The Balaban J connectivity index is 1.93. The normalized spacial score (nSPS) is 12.2. The van der Waals surface area contributed by atoms with E-state index < -0.39 is 17.5 Å². The second-order valence-electron chi connectivity index (χ2n) is 8.75. The maximum Gasteiger partial charge on any atom is 0.251 e.